The Labute approximate surface area is 207 Å². The standard InChI is InChI=1S/C24H22ClN3O6S/c25-18-10-8-17(9-11-18)21(29)26-22(35(32,33)19-5-2-1-3-6-19)24(31)28-14-12-27(13-15-28)23(30)20-7-4-16-34-20/h1-11,16,22H,12-15H2,(H,26,29)/t22-/m1/s1. The van der Waals surface area contributed by atoms with E-state index < -0.39 is 27.0 Å². The lowest BCUT2D eigenvalue weighted by molar-refractivity contribution is -0.132. The van der Waals surface area contributed by atoms with Gasteiger partial charge in [-0.1, -0.05) is 29.8 Å². The normalized spacial score (nSPS) is 14.9. The second kappa shape index (κ2) is 10.3. The van der Waals surface area contributed by atoms with E-state index in [-0.39, 0.29) is 48.3 Å². The van der Waals surface area contributed by atoms with Gasteiger partial charge < -0.3 is 19.5 Å². The molecule has 4 rings (SSSR count). The van der Waals surface area contributed by atoms with Crippen molar-refractivity contribution in [2.75, 3.05) is 26.2 Å². The fraction of sp³-hybridized carbons (Fsp3) is 0.208. The second-order valence-corrected chi connectivity index (χ2v) is 10.3. The number of halogens is 1. The molecule has 1 saturated heterocycles. The molecular weight excluding hydrogens is 494 g/mol. The summed E-state index contributed by atoms with van der Waals surface area (Å²) in [5, 5.41) is 0.952. The maximum absolute atomic E-state index is 13.4. The molecule has 1 aliphatic heterocycles. The van der Waals surface area contributed by atoms with Crippen LogP contribution in [0.15, 0.2) is 82.3 Å². The number of nitrogens with zero attached hydrogens (tertiary/aromatic N) is 2. The first-order valence-electron chi connectivity index (χ1n) is 10.7. The molecule has 1 aromatic heterocycles. The van der Waals surface area contributed by atoms with Gasteiger partial charge in [-0.2, -0.15) is 0 Å². The fourth-order valence-corrected chi connectivity index (χ4v) is 5.29. The Morgan fingerprint density at radius 3 is 2.09 bits per heavy atom. The van der Waals surface area contributed by atoms with Gasteiger partial charge in [0.05, 0.1) is 11.2 Å². The third-order valence-electron chi connectivity index (χ3n) is 5.59. The zero-order valence-corrected chi connectivity index (χ0v) is 20.0. The summed E-state index contributed by atoms with van der Waals surface area (Å²) in [6.45, 7) is 0.578. The van der Waals surface area contributed by atoms with Crippen molar-refractivity contribution in [1.29, 1.82) is 0 Å². The van der Waals surface area contributed by atoms with Crippen molar-refractivity contribution >= 4 is 39.2 Å². The molecule has 2 heterocycles. The predicted octanol–water partition coefficient (Wildman–Crippen LogP) is 2.45. The van der Waals surface area contributed by atoms with Crippen LogP contribution < -0.4 is 5.32 Å². The van der Waals surface area contributed by atoms with E-state index >= 15 is 0 Å². The Morgan fingerprint density at radius 1 is 0.857 bits per heavy atom. The number of nitrogens with one attached hydrogen (secondary N) is 1. The van der Waals surface area contributed by atoms with E-state index in [2.05, 4.69) is 5.32 Å². The van der Waals surface area contributed by atoms with Crippen molar-refractivity contribution in [1.82, 2.24) is 15.1 Å². The second-order valence-electron chi connectivity index (χ2n) is 7.81. The van der Waals surface area contributed by atoms with Gasteiger partial charge in [0.25, 0.3) is 17.7 Å². The molecule has 0 bridgehead atoms. The minimum absolute atomic E-state index is 0.0959. The minimum atomic E-state index is -4.27. The molecule has 0 aliphatic carbocycles. The zero-order chi connectivity index (χ0) is 25.0. The number of carbonyl (C=O) groups excluding carboxylic acids is 3. The Balaban J connectivity index is 1.55. The highest BCUT2D eigenvalue weighted by molar-refractivity contribution is 7.92. The van der Waals surface area contributed by atoms with E-state index in [1.807, 2.05) is 0 Å². The molecule has 2 aromatic carbocycles. The quantitative estimate of drug-likeness (QED) is 0.539. The van der Waals surface area contributed by atoms with Gasteiger partial charge in [0.15, 0.2) is 5.76 Å². The van der Waals surface area contributed by atoms with E-state index in [0.717, 1.165) is 0 Å². The first kappa shape index (κ1) is 24.5. The van der Waals surface area contributed by atoms with E-state index in [1.54, 1.807) is 18.2 Å². The SMILES string of the molecule is O=C(N[C@@H](C(=O)N1CCN(C(=O)c2ccco2)CC1)S(=O)(=O)c1ccccc1)c1ccc(Cl)cc1. The molecule has 9 nitrogen and oxygen atoms in total. The summed E-state index contributed by atoms with van der Waals surface area (Å²) in [6.07, 6.45) is 1.40. The maximum Gasteiger partial charge on any atom is 0.289 e. The molecule has 0 unspecified atom stereocenters. The van der Waals surface area contributed by atoms with Crippen LogP contribution in [0.25, 0.3) is 0 Å². The lowest BCUT2D eigenvalue weighted by Crippen LogP contribution is -2.57. The first-order chi connectivity index (χ1) is 16.8. The number of amides is 3. The number of furan rings is 1. The average molecular weight is 516 g/mol. The van der Waals surface area contributed by atoms with Gasteiger partial charge in [0, 0.05) is 36.8 Å². The van der Waals surface area contributed by atoms with Crippen molar-refractivity contribution in [3.63, 3.8) is 0 Å². The minimum Gasteiger partial charge on any atom is -0.459 e. The van der Waals surface area contributed by atoms with Gasteiger partial charge in [-0.3, -0.25) is 14.4 Å². The van der Waals surface area contributed by atoms with Crippen molar-refractivity contribution < 1.29 is 27.2 Å². The van der Waals surface area contributed by atoms with E-state index in [4.69, 9.17) is 16.0 Å². The summed E-state index contributed by atoms with van der Waals surface area (Å²) in [7, 11) is -4.27. The Bertz CT molecular complexity index is 1300. The Morgan fingerprint density at radius 2 is 1.49 bits per heavy atom. The van der Waals surface area contributed by atoms with Crippen molar-refractivity contribution in [2.24, 2.45) is 0 Å². The van der Waals surface area contributed by atoms with Crippen LogP contribution in [-0.4, -0.2) is 67.5 Å². The van der Waals surface area contributed by atoms with Crippen LogP contribution in [0.3, 0.4) is 0 Å². The first-order valence-corrected chi connectivity index (χ1v) is 12.7. The molecule has 182 valence electrons. The molecular formula is C24H22ClN3O6S. The lowest BCUT2D eigenvalue weighted by Gasteiger charge is -2.36. The van der Waals surface area contributed by atoms with E-state index in [1.165, 1.54) is 64.6 Å². The molecule has 1 aliphatic rings. The van der Waals surface area contributed by atoms with Gasteiger partial charge in [-0.25, -0.2) is 8.42 Å². The number of hydrogen-bond donors (Lipinski definition) is 1. The number of hydrogen-bond acceptors (Lipinski definition) is 6. The van der Waals surface area contributed by atoms with Gasteiger partial charge in [0.1, 0.15) is 0 Å². The Kier molecular flexibility index (Phi) is 7.23. The fourth-order valence-electron chi connectivity index (χ4n) is 3.67. The van der Waals surface area contributed by atoms with Crippen LogP contribution in [0.4, 0.5) is 0 Å². The van der Waals surface area contributed by atoms with Crippen LogP contribution in [0, 0.1) is 0 Å². The topological polar surface area (TPSA) is 117 Å². The van der Waals surface area contributed by atoms with E-state index in [0.29, 0.717) is 5.02 Å². The van der Waals surface area contributed by atoms with Gasteiger partial charge in [-0.05, 0) is 48.5 Å². The highest BCUT2D eigenvalue weighted by atomic mass is 35.5. The third-order valence-corrected chi connectivity index (χ3v) is 7.71. The van der Waals surface area contributed by atoms with Crippen LogP contribution >= 0.6 is 11.6 Å². The van der Waals surface area contributed by atoms with Crippen molar-refractivity contribution in [3.05, 3.63) is 89.3 Å². The number of piperazine rings is 1. The molecule has 0 saturated carbocycles. The van der Waals surface area contributed by atoms with Crippen LogP contribution in [0.2, 0.25) is 5.02 Å². The molecule has 0 radical (unpaired) electrons. The number of rotatable bonds is 6. The summed E-state index contributed by atoms with van der Waals surface area (Å²) in [4.78, 5) is 41.6. The summed E-state index contributed by atoms with van der Waals surface area (Å²) in [5.41, 5.74) is 0.157. The molecule has 3 aromatic rings. The summed E-state index contributed by atoms with van der Waals surface area (Å²) in [5.74, 6) is -1.64. The third kappa shape index (κ3) is 5.39. The van der Waals surface area contributed by atoms with Crippen molar-refractivity contribution in [3.8, 4) is 0 Å². The highest BCUT2D eigenvalue weighted by Crippen LogP contribution is 2.19. The van der Waals surface area contributed by atoms with Crippen LogP contribution in [0.5, 0.6) is 0 Å². The molecule has 1 N–H and O–H groups in total. The molecule has 0 spiro atoms. The monoisotopic (exact) mass is 515 g/mol. The predicted molar refractivity (Wildman–Crippen MR) is 128 cm³/mol. The molecule has 35 heavy (non-hydrogen) atoms. The maximum atomic E-state index is 13.4. The Hall–Kier alpha value is -3.63. The highest BCUT2D eigenvalue weighted by Gasteiger charge is 2.39. The van der Waals surface area contributed by atoms with Crippen LogP contribution in [-0.2, 0) is 14.6 Å². The smallest absolute Gasteiger partial charge is 0.289 e. The van der Waals surface area contributed by atoms with E-state index in [9.17, 15) is 22.8 Å². The molecule has 3 amide bonds. The van der Waals surface area contributed by atoms with Gasteiger partial charge in [0.2, 0.25) is 15.2 Å². The summed E-state index contributed by atoms with van der Waals surface area (Å²) >= 11 is 5.87. The van der Waals surface area contributed by atoms with Crippen LogP contribution in [0.1, 0.15) is 20.9 Å². The number of carbonyl (C=O) groups is 3. The number of sulfone groups is 1. The lowest BCUT2D eigenvalue weighted by atomic mass is 10.2. The van der Waals surface area contributed by atoms with Gasteiger partial charge in [-0.15, -0.1) is 0 Å². The largest absolute Gasteiger partial charge is 0.459 e. The number of benzene rings is 2. The molecule has 1 fully saturated rings. The molecule has 1 atom stereocenters. The van der Waals surface area contributed by atoms with Gasteiger partial charge >= 0.3 is 0 Å². The summed E-state index contributed by atoms with van der Waals surface area (Å²) < 4.78 is 32.0. The zero-order valence-electron chi connectivity index (χ0n) is 18.5. The average Bonchev–Trinajstić information content (AvgIpc) is 3.42. The summed E-state index contributed by atoms with van der Waals surface area (Å²) in [6, 6.07) is 16.5. The van der Waals surface area contributed by atoms with Crippen molar-refractivity contribution in [2.45, 2.75) is 10.3 Å². The molecule has 11 heteroatoms.